The number of nitrogens with zero attached hydrogens (tertiary/aromatic N) is 2. The van der Waals surface area contributed by atoms with Gasteiger partial charge >= 0.3 is 0 Å². The van der Waals surface area contributed by atoms with E-state index in [1.54, 1.807) is 0 Å². The predicted molar refractivity (Wildman–Crippen MR) is 92.5 cm³/mol. The van der Waals surface area contributed by atoms with E-state index in [2.05, 4.69) is 21.2 Å². The summed E-state index contributed by atoms with van der Waals surface area (Å²) < 4.78 is 27.7. The monoisotopic (exact) mass is 405 g/mol. The van der Waals surface area contributed by atoms with E-state index < -0.39 is 10.2 Å². The van der Waals surface area contributed by atoms with Gasteiger partial charge in [0.2, 0.25) is 0 Å². The van der Waals surface area contributed by atoms with Crippen molar-refractivity contribution in [1.29, 1.82) is 0 Å². The van der Waals surface area contributed by atoms with Gasteiger partial charge in [0.1, 0.15) is 0 Å². The number of quaternary nitrogens is 1. The average molecular weight is 406 g/mol. The van der Waals surface area contributed by atoms with E-state index in [9.17, 15) is 13.2 Å². The molecule has 0 atom stereocenters. The Morgan fingerprint density at radius 2 is 1.83 bits per heavy atom. The first kappa shape index (κ1) is 18.3. The smallest absolute Gasteiger partial charge is 0.281 e. The number of piperazine rings is 1. The van der Waals surface area contributed by atoms with Crippen molar-refractivity contribution in [2.45, 2.75) is 0 Å². The summed E-state index contributed by atoms with van der Waals surface area (Å²) in [7, 11) is -0.300. The zero-order valence-electron chi connectivity index (χ0n) is 13.3. The maximum Gasteiger partial charge on any atom is 0.281 e. The maximum atomic E-state index is 12.1. The topological polar surface area (TPSA) is 74.2 Å². The second-order valence-electron chi connectivity index (χ2n) is 5.67. The Morgan fingerprint density at radius 3 is 2.35 bits per heavy atom. The molecule has 0 aliphatic carbocycles. The first-order valence-electron chi connectivity index (χ1n) is 7.35. The molecule has 23 heavy (non-hydrogen) atoms. The zero-order chi connectivity index (χ0) is 17.0. The Morgan fingerprint density at radius 1 is 1.26 bits per heavy atom. The molecule has 9 heteroatoms. The van der Waals surface area contributed by atoms with Gasteiger partial charge in [-0.2, -0.15) is 17.0 Å². The molecule has 0 saturated carbocycles. The van der Waals surface area contributed by atoms with Crippen molar-refractivity contribution >= 4 is 37.7 Å². The normalized spacial score (nSPS) is 17.4. The molecule has 2 rings (SSSR count). The van der Waals surface area contributed by atoms with Gasteiger partial charge in [0.05, 0.1) is 26.2 Å². The van der Waals surface area contributed by atoms with Gasteiger partial charge in [-0.1, -0.05) is 15.9 Å². The molecule has 1 amide bonds. The van der Waals surface area contributed by atoms with Crippen LogP contribution in [0.4, 0.5) is 5.69 Å². The lowest BCUT2D eigenvalue weighted by Crippen LogP contribution is -3.15. The standard InChI is InChI=1S/C14H21BrN4O3S/c1-17(2)23(21,22)19-9-7-18(8-10-19)11-14(20)16-13-5-3-12(15)4-6-13/h3-6H,7-11H2,1-2H3,(H,16,20)/p+1. The summed E-state index contributed by atoms with van der Waals surface area (Å²) in [6, 6.07) is 7.40. The minimum absolute atomic E-state index is 0.0637. The fourth-order valence-corrected chi connectivity index (χ4v) is 3.78. The van der Waals surface area contributed by atoms with E-state index in [0.29, 0.717) is 32.7 Å². The maximum absolute atomic E-state index is 12.1. The summed E-state index contributed by atoms with van der Waals surface area (Å²) >= 11 is 3.35. The first-order chi connectivity index (χ1) is 10.8. The predicted octanol–water partition coefficient (Wildman–Crippen LogP) is -0.605. The fourth-order valence-electron chi connectivity index (χ4n) is 2.41. The van der Waals surface area contributed by atoms with Crippen molar-refractivity contribution in [3.63, 3.8) is 0 Å². The van der Waals surface area contributed by atoms with Gasteiger partial charge in [-0.25, -0.2) is 0 Å². The van der Waals surface area contributed by atoms with Crippen LogP contribution in [-0.2, 0) is 15.0 Å². The molecule has 7 nitrogen and oxygen atoms in total. The van der Waals surface area contributed by atoms with E-state index >= 15 is 0 Å². The van der Waals surface area contributed by atoms with E-state index in [1.165, 1.54) is 22.7 Å². The van der Waals surface area contributed by atoms with Crippen molar-refractivity contribution in [2.75, 3.05) is 52.1 Å². The van der Waals surface area contributed by atoms with E-state index in [1.807, 2.05) is 24.3 Å². The van der Waals surface area contributed by atoms with Gasteiger partial charge in [-0.3, -0.25) is 4.79 Å². The SMILES string of the molecule is CN(C)S(=O)(=O)N1CC[NH+](CC(=O)Nc2ccc(Br)cc2)CC1. The Labute approximate surface area is 145 Å². The summed E-state index contributed by atoms with van der Waals surface area (Å²) in [6.07, 6.45) is 0. The van der Waals surface area contributed by atoms with E-state index in [0.717, 1.165) is 15.1 Å². The highest BCUT2D eigenvalue weighted by molar-refractivity contribution is 9.10. The second kappa shape index (κ2) is 7.71. The highest BCUT2D eigenvalue weighted by Crippen LogP contribution is 2.13. The minimum Gasteiger partial charge on any atom is -0.325 e. The number of benzene rings is 1. The van der Waals surface area contributed by atoms with Crippen LogP contribution >= 0.6 is 15.9 Å². The Bertz CT molecular complexity index is 640. The number of hydrogen-bond acceptors (Lipinski definition) is 3. The molecule has 0 spiro atoms. The third kappa shape index (κ3) is 4.98. The summed E-state index contributed by atoms with van der Waals surface area (Å²) in [5, 5.41) is 2.86. The molecule has 1 fully saturated rings. The zero-order valence-corrected chi connectivity index (χ0v) is 15.7. The van der Waals surface area contributed by atoms with Crippen LogP contribution in [0.5, 0.6) is 0 Å². The van der Waals surface area contributed by atoms with Crippen molar-refractivity contribution in [3.05, 3.63) is 28.7 Å². The van der Waals surface area contributed by atoms with Crippen molar-refractivity contribution in [3.8, 4) is 0 Å². The van der Waals surface area contributed by atoms with Crippen molar-refractivity contribution in [1.82, 2.24) is 8.61 Å². The number of anilines is 1. The molecule has 0 aromatic heterocycles. The Kier molecular flexibility index (Phi) is 6.15. The number of amides is 1. The van der Waals surface area contributed by atoms with Crippen LogP contribution in [0.25, 0.3) is 0 Å². The molecule has 1 aromatic carbocycles. The van der Waals surface area contributed by atoms with Crippen LogP contribution in [0.1, 0.15) is 0 Å². The number of carbonyl (C=O) groups is 1. The highest BCUT2D eigenvalue weighted by atomic mass is 79.9. The van der Waals surface area contributed by atoms with Crippen molar-refractivity contribution < 1.29 is 18.1 Å². The molecule has 0 bridgehead atoms. The summed E-state index contributed by atoms with van der Waals surface area (Å²) in [6.45, 7) is 2.45. The third-order valence-electron chi connectivity index (χ3n) is 3.76. The van der Waals surface area contributed by atoms with Crippen LogP contribution in [0.2, 0.25) is 0 Å². The molecule has 1 aliphatic rings. The molecule has 0 radical (unpaired) electrons. The van der Waals surface area contributed by atoms with Crippen LogP contribution < -0.4 is 10.2 Å². The summed E-state index contributed by atoms with van der Waals surface area (Å²) in [5.74, 6) is -0.0637. The second-order valence-corrected chi connectivity index (χ2v) is 8.73. The van der Waals surface area contributed by atoms with Gasteiger partial charge in [0.15, 0.2) is 6.54 Å². The number of rotatable bonds is 5. The Balaban J connectivity index is 1.82. The van der Waals surface area contributed by atoms with Crippen LogP contribution in [0, 0.1) is 0 Å². The van der Waals surface area contributed by atoms with Gasteiger partial charge in [-0.15, -0.1) is 0 Å². The average Bonchev–Trinajstić information content (AvgIpc) is 2.50. The lowest BCUT2D eigenvalue weighted by Gasteiger charge is -2.32. The van der Waals surface area contributed by atoms with Crippen LogP contribution in [0.15, 0.2) is 28.7 Å². The van der Waals surface area contributed by atoms with Gasteiger partial charge in [0, 0.05) is 24.3 Å². The quantitative estimate of drug-likeness (QED) is 0.686. The van der Waals surface area contributed by atoms with Gasteiger partial charge < -0.3 is 10.2 Å². The molecule has 1 saturated heterocycles. The number of nitrogens with one attached hydrogen (secondary N) is 2. The van der Waals surface area contributed by atoms with Crippen LogP contribution in [-0.4, -0.2) is 69.8 Å². The fraction of sp³-hybridized carbons (Fsp3) is 0.500. The number of carbonyl (C=O) groups excluding carboxylic acids is 1. The third-order valence-corrected chi connectivity index (χ3v) is 6.23. The van der Waals surface area contributed by atoms with Crippen LogP contribution in [0.3, 0.4) is 0 Å². The lowest BCUT2D eigenvalue weighted by atomic mass is 10.3. The molecule has 0 unspecified atom stereocenters. The molecule has 1 heterocycles. The van der Waals surface area contributed by atoms with Gasteiger partial charge in [-0.05, 0) is 24.3 Å². The van der Waals surface area contributed by atoms with Crippen molar-refractivity contribution in [2.24, 2.45) is 0 Å². The molecule has 1 aliphatic heterocycles. The molecule has 2 N–H and O–H groups in total. The van der Waals surface area contributed by atoms with E-state index in [4.69, 9.17) is 0 Å². The summed E-state index contributed by atoms with van der Waals surface area (Å²) in [5.41, 5.74) is 0.756. The Hall–Kier alpha value is -1.000. The molecular weight excluding hydrogens is 384 g/mol. The summed E-state index contributed by atoms with van der Waals surface area (Å²) in [4.78, 5) is 13.2. The first-order valence-corrected chi connectivity index (χ1v) is 9.54. The molecule has 128 valence electrons. The number of halogens is 1. The van der Waals surface area contributed by atoms with E-state index in [-0.39, 0.29) is 5.91 Å². The van der Waals surface area contributed by atoms with Gasteiger partial charge in [0.25, 0.3) is 16.1 Å². The number of hydrogen-bond donors (Lipinski definition) is 2. The largest absolute Gasteiger partial charge is 0.325 e. The molecular formula is C14H22BrN4O3S+. The minimum atomic E-state index is -3.36. The lowest BCUT2D eigenvalue weighted by molar-refractivity contribution is -0.895. The highest BCUT2D eigenvalue weighted by Gasteiger charge is 2.31. The molecule has 1 aromatic rings.